The lowest BCUT2D eigenvalue weighted by atomic mass is 10.1. The summed E-state index contributed by atoms with van der Waals surface area (Å²) in [7, 11) is 0. The van der Waals surface area contributed by atoms with Crippen molar-refractivity contribution in [1.82, 2.24) is 0 Å². The van der Waals surface area contributed by atoms with Crippen LogP contribution in [0.2, 0.25) is 0 Å². The highest BCUT2D eigenvalue weighted by atomic mass is 16.6. The zero-order valence-corrected chi connectivity index (χ0v) is 11.3. The van der Waals surface area contributed by atoms with Crippen LogP contribution in [0.1, 0.15) is 36.5 Å². The molecule has 1 atom stereocenters. The van der Waals surface area contributed by atoms with Gasteiger partial charge in [-0.25, -0.2) is 4.79 Å². The Labute approximate surface area is 113 Å². The number of ether oxygens (including phenoxy) is 3. The Morgan fingerprint density at radius 2 is 2.11 bits per heavy atom. The molecule has 0 radical (unpaired) electrons. The first-order chi connectivity index (χ1) is 9.29. The third kappa shape index (κ3) is 4.24. The highest BCUT2D eigenvalue weighted by Crippen LogP contribution is 2.15. The Morgan fingerprint density at radius 3 is 2.74 bits per heavy atom. The van der Waals surface area contributed by atoms with Crippen LogP contribution in [0.25, 0.3) is 0 Å². The fourth-order valence-corrected chi connectivity index (χ4v) is 2.04. The molecule has 1 aliphatic rings. The van der Waals surface area contributed by atoms with Gasteiger partial charge in [0.15, 0.2) is 0 Å². The number of hydrogen-bond acceptors (Lipinski definition) is 4. The molecule has 1 heterocycles. The number of carbonyl (C=O) groups excluding carboxylic acids is 1. The lowest BCUT2D eigenvalue weighted by Crippen LogP contribution is -2.25. The second kappa shape index (κ2) is 7.14. The summed E-state index contributed by atoms with van der Waals surface area (Å²) in [6.45, 7) is 3.65. The molecule has 1 saturated heterocycles. The van der Waals surface area contributed by atoms with Crippen LogP contribution < -0.4 is 4.74 Å². The van der Waals surface area contributed by atoms with Crippen LogP contribution in [0.15, 0.2) is 24.3 Å². The molecule has 0 amide bonds. The monoisotopic (exact) mass is 264 g/mol. The molecule has 1 aromatic carbocycles. The van der Waals surface area contributed by atoms with E-state index in [2.05, 4.69) is 0 Å². The van der Waals surface area contributed by atoms with Gasteiger partial charge in [0.2, 0.25) is 0 Å². The smallest absolute Gasteiger partial charge is 0.338 e. The van der Waals surface area contributed by atoms with Crippen LogP contribution in [-0.2, 0) is 9.47 Å². The van der Waals surface area contributed by atoms with Gasteiger partial charge in [-0.15, -0.1) is 0 Å². The Kier molecular flexibility index (Phi) is 5.21. The SMILES string of the molecule is CCOc1ccc(C(=O)OC[C@H]2CCCCO2)cc1. The predicted octanol–water partition coefficient (Wildman–Crippen LogP) is 2.81. The van der Waals surface area contributed by atoms with E-state index in [0.717, 1.165) is 31.6 Å². The van der Waals surface area contributed by atoms with Crippen molar-refractivity contribution in [1.29, 1.82) is 0 Å². The van der Waals surface area contributed by atoms with E-state index in [9.17, 15) is 4.79 Å². The molecule has 4 heteroatoms. The molecule has 0 saturated carbocycles. The largest absolute Gasteiger partial charge is 0.494 e. The maximum Gasteiger partial charge on any atom is 0.338 e. The van der Waals surface area contributed by atoms with Crippen LogP contribution in [0.4, 0.5) is 0 Å². The first kappa shape index (κ1) is 13.9. The molecular weight excluding hydrogens is 244 g/mol. The second-order valence-electron chi connectivity index (χ2n) is 4.54. The fraction of sp³-hybridized carbons (Fsp3) is 0.533. The van der Waals surface area contributed by atoms with Gasteiger partial charge in [0.1, 0.15) is 12.4 Å². The Hall–Kier alpha value is -1.55. The van der Waals surface area contributed by atoms with Crippen LogP contribution in [0, 0.1) is 0 Å². The third-order valence-corrected chi connectivity index (χ3v) is 3.08. The van der Waals surface area contributed by atoms with Crippen LogP contribution in [-0.4, -0.2) is 31.9 Å². The number of esters is 1. The number of rotatable bonds is 5. The normalized spacial score (nSPS) is 18.9. The van der Waals surface area contributed by atoms with Crippen molar-refractivity contribution in [2.75, 3.05) is 19.8 Å². The molecule has 104 valence electrons. The van der Waals surface area contributed by atoms with E-state index in [1.54, 1.807) is 24.3 Å². The van der Waals surface area contributed by atoms with Crippen molar-refractivity contribution in [3.8, 4) is 5.75 Å². The van der Waals surface area contributed by atoms with Crippen LogP contribution >= 0.6 is 0 Å². The van der Waals surface area contributed by atoms with Crippen molar-refractivity contribution >= 4 is 5.97 Å². The molecular formula is C15H20O4. The lowest BCUT2D eigenvalue weighted by molar-refractivity contribution is -0.0300. The standard InChI is InChI=1S/C15H20O4/c1-2-17-13-8-6-12(7-9-13)15(16)19-11-14-5-3-4-10-18-14/h6-9,14H,2-5,10-11H2,1H3/t14-/m1/s1. The summed E-state index contributed by atoms with van der Waals surface area (Å²) in [5, 5.41) is 0. The molecule has 0 unspecified atom stereocenters. The van der Waals surface area contributed by atoms with E-state index in [4.69, 9.17) is 14.2 Å². The molecule has 4 nitrogen and oxygen atoms in total. The van der Waals surface area contributed by atoms with Crippen molar-refractivity contribution in [2.24, 2.45) is 0 Å². The molecule has 1 fully saturated rings. The maximum absolute atomic E-state index is 11.8. The summed E-state index contributed by atoms with van der Waals surface area (Å²) < 4.78 is 16.1. The van der Waals surface area contributed by atoms with Gasteiger partial charge in [0.25, 0.3) is 0 Å². The summed E-state index contributed by atoms with van der Waals surface area (Å²) in [5.41, 5.74) is 0.541. The average molecular weight is 264 g/mol. The average Bonchev–Trinajstić information content (AvgIpc) is 2.47. The number of benzene rings is 1. The van der Waals surface area contributed by atoms with Gasteiger partial charge in [-0.2, -0.15) is 0 Å². The molecule has 2 rings (SSSR count). The summed E-state index contributed by atoms with van der Waals surface area (Å²) in [5.74, 6) is 0.451. The fourth-order valence-electron chi connectivity index (χ4n) is 2.04. The van der Waals surface area contributed by atoms with Gasteiger partial charge >= 0.3 is 5.97 Å². The minimum Gasteiger partial charge on any atom is -0.494 e. The molecule has 1 aromatic rings. The van der Waals surface area contributed by atoms with Crippen molar-refractivity contribution in [3.05, 3.63) is 29.8 Å². The van der Waals surface area contributed by atoms with E-state index in [-0.39, 0.29) is 12.1 Å². The van der Waals surface area contributed by atoms with Crippen LogP contribution in [0.3, 0.4) is 0 Å². The Balaban J connectivity index is 1.81. The van der Waals surface area contributed by atoms with Crippen LogP contribution in [0.5, 0.6) is 5.75 Å². The van der Waals surface area contributed by atoms with E-state index in [0.29, 0.717) is 18.8 Å². The van der Waals surface area contributed by atoms with Gasteiger partial charge < -0.3 is 14.2 Å². The van der Waals surface area contributed by atoms with Gasteiger partial charge in [-0.1, -0.05) is 0 Å². The van der Waals surface area contributed by atoms with Crippen molar-refractivity contribution < 1.29 is 19.0 Å². The minimum atomic E-state index is -0.308. The van der Waals surface area contributed by atoms with E-state index in [1.165, 1.54) is 0 Å². The molecule has 0 aromatic heterocycles. The lowest BCUT2D eigenvalue weighted by Gasteiger charge is -2.22. The van der Waals surface area contributed by atoms with Gasteiger partial charge in [-0.05, 0) is 50.5 Å². The van der Waals surface area contributed by atoms with E-state index in [1.807, 2.05) is 6.92 Å². The van der Waals surface area contributed by atoms with Crippen molar-refractivity contribution in [3.63, 3.8) is 0 Å². The summed E-state index contributed by atoms with van der Waals surface area (Å²) in [6.07, 6.45) is 3.27. The summed E-state index contributed by atoms with van der Waals surface area (Å²) >= 11 is 0. The van der Waals surface area contributed by atoms with Gasteiger partial charge in [0, 0.05) is 6.61 Å². The first-order valence-electron chi connectivity index (χ1n) is 6.81. The topological polar surface area (TPSA) is 44.8 Å². The van der Waals surface area contributed by atoms with Crippen molar-refractivity contribution in [2.45, 2.75) is 32.3 Å². The second-order valence-corrected chi connectivity index (χ2v) is 4.54. The van der Waals surface area contributed by atoms with E-state index >= 15 is 0 Å². The summed E-state index contributed by atoms with van der Waals surface area (Å²) in [4.78, 5) is 11.8. The molecule has 19 heavy (non-hydrogen) atoms. The molecule has 0 aliphatic carbocycles. The molecule has 0 N–H and O–H groups in total. The van der Waals surface area contributed by atoms with Gasteiger partial charge in [-0.3, -0.25) is 0 Å². The highest BCUT2D eigenvalue weighted by Gasteiger charge is 2.16. The minimum absolute atomic E-state index is 0.0559. The first-order valence-corrected chi connectivity index (χ1v) is 6.81. The third-order valence-electron chi connectivity index (χ3n) is 3.08. The molecule has 0 spiro atoms. The molecule has 0 bridgehead atoms. The maximum atomic E-state index is 11.8. The highest BCUT2D eigenvalue weighted by molar-refractivity contribution is 5.89. The summed E-state index contributed by atoms with van der Waals surface area (Å²) in [6, 6.07) is 6.98. The molecule has 1 aliphatic heterocycles. The van der Waals surface area contributed by atoms with E-state index < -0.39 is 0 Å². The number of carbonyl (C=O) groups is 1. The predicted molar refractivity (Wildman–Crippen MR) is 71.5 cm³/mol. The Morgan fingerprint density at radius 1 is 1.32 bits per heavy atom. The zero-order valence-electron chi connectivity index (χ0n) is 11.3. The Bertz CT molecular complexity index is 393. The zero-order chi connectivity index (χ0) is 13.5. The van der Waals surface area contributed by atoms with Gasteiger partial charge in [0.05, 0.1) is 18.3 Å². The quantitative estimate of drug-likeness (QED) is 0.767. The number of hydrogen-bond donors (Lipinski definition) is 0.